The molecule has 0 aliphatic carbocycles. The van der Waals surface area contributed by atoms with Gasteiger partial charge in [-0.05, 0) is 20.8 Å². The summed E-state index contributed by atoms with van der Waals surface area (Å²) in [4.78, 5) is 23.6. The van der Waals surface area contributed by atoms with E-state index in [9.17, 15) is 9.59 Å². The summed E-state index contributed by atoms with van der Waals surface area (Å²) in [6.07, 6.45) is -0.0113. The number of nitrogens with one attached hydrogen (secondary N) is 1. The normalized spacial score (nSPS) is 12.7. The van der Waals surface area contributed by atoms with Gasteiger partial charge >= 0.3 is 12.0 Å². The van der Waals surface area contributed by atoms with Crippen molar-refractivity contribution in [3.8, 4) is 0 Å². The van der Waals surface area contributed by atoms with Crippen LogP contribution in [0.3, 0.4) is 0 Å². The lowest BCUT2D eigenvalue weighted by Crippen LogP contribution is -2.52. The number of aliphatic hydroxyl groups is 1. The molecular formula is C11H20N2O4. The van der Waals surface area contributed by atoms with E-state index in [4.69, 9.17) is 10.2 Å². The smallest absolute Gasteiger partial charge is 0.334 e. The first-order valence-electron chi connectivity index (χ1n) is 5.27. The van der Waals surface area contributed by atoms with Crippen molar-refractivity contribution in [2.45, 2.75) is 32.4 Å². The van der Waals surface area contributed by atoms with Crippen LogP contribution in [0.1, 0.15) is 20.8 Å². The molecule has 3 N–H and O–H groups in total. The van der Waals surface area contributed by atoms with Gasteiger partial charge in [0.1, 0.15) is 0 Å². The van der Waals surface area contributed by atoms with Crippen LogP contribution in [0.5, 0.6) is 0 Å². The van der Waals surface area contributed by atoms with Crippen LogP contribution in [-0.4, -0.2) is 51.8 Å². The van der Waals surface area contributed by atoms with E-state index in [1.165, 1.54) is 4.90 Å². The number of carboxylic acid groups (broad SMARTS) is 1. The molecule has 0 rings (SSSR count). The van der Waals surface area contributed by atoms with E-state index in [1.807, 2.05) is 20.8 Å². The molecule has 0 aromatic rings. The molecule has 17 heavy (non-hydrogen) atoms. The van der Waals surface area contributed by atoms with Crippen LogP contribution in [0.2, 0.25) is 0 Å². The van der Waals surface area contributed by atoms with Crippen molar-refractivity contribution in [3.05, 3.63) is 12.7 Å². The summed E-state index contributed by atoms with van der Waals surface area (Å²) in [5, 5.41) is 19.9. The number of nitrogens with zero attached hydrogens (tertiary/aromatic N) is 1. The van der Waals surface area contributed by atoms with Gasteiger partial charge in [-0.15, -0.1) is 6.58 Å². The standard InChI is InChI=1S/C11H20N2O4/c1-5-6-13(11(2,3)4)10(17)12-7-8(14)9(15)16/h5,8,14H,1,6-7H2,2-4H3,(H,12,17)(H,15,16). The zero-order valence-electron chi connectivity index (χ0n) is 10.4. The Morgan fingerprint density at radius 3 is 2.35 bits per heavy atom. The average molecular weight is 244 g/mol. The molecule has 0 bridgehead atoms. The second-order valence-electron chi connectivity index (χ2n) is 4.61. The molecule has 0 fully saturated rings. The molecule has 1 unspecified atom stereocenters. The lowest BCUT2D eigenvalue weighted by molar-refractivity contribution is -0.146. The van der Waals surface area contributed by atoms with Crippen molar-refractivity contribution < 1.29 is 19.8 Å². The first-order chi connectivity index (χ1) is 7.70. The number of amides is 2. The fourth-order valence-corrected chi connectivity index (χ4v) is 1.16. The van der Waals surface area contributed by atoms with Crippen LogP contribution >= 0.6 is 0 Å². The number of carbonyl (C=O) groups is 2. The molecule has 0 spiro atoms. The molecule has 0 aromatic heterocycles. The number of carboxylic acids is 1. The SMILES string of the molecule is C=CCN(C(=O)NCC(O)C(=O)O)C(C)(C)C. The number of urea groups is 1. The van der Waals surface area contributed by atoms with Crippen molar-refractivity contribution in [2.75, 3.05) is 13.1 Å². The molecular weight excluding hydrogens is 224 g/mol. The molecule has 0 saturated heterocycles. The highest BCUT2D eigenvalue weighted by molar-refractivity contribution is 5.77. The minimum Gasteiger partial charge on any atom is -0.479 e. The van der Waals surface area contributed by atoms with Gasteiger partial charge in [-0.25, -0.2) is 9.59 Å². The quantitative estimate of drug-likeness (QED) is 0.612. The highest BCUT2D eigenvalue weighted by Gasteiger charge is 2.26. The first kappa shape index (κ1) is 15.4. The topological polar surface area (TPSA) is 89.9 Å². The van der Waals surface area contributed by atoms with E-state index < -0.39 is 23.6 Å². The van der Waals surface area contributed by atoms with E-state index in [0.717, 1.165) is 0 Å². The molecule has 6 nitrogen and oxygen atoms in total. The zero-order valence-corrected chi connectivity index (χ0v) is 10.4. The highest BCUT2D eigenvalue weighted by atomic mass is 16.4. The molecule has 0 saturated carbocycles. The maximum absolute atomic E-state index is 11.8. The number of hydrogen-bond donors (Lipinski definition) is 3. The van der Waals surface area contributed by atoms with E-state index in [-0.39, 0.29) is 6.54 Å². The molecule has 0 radical (unpaired) electrons. The van der Waals surface area contributed by atoms with Crippen molar-refractivity contribution in [1.82, 2.24) is 10.2 Å². The Bertz CT molecular complexity index is 296. The van der Waals surface area contributed by atoms with Crippen LogP contribution in [0.4, 0.5) is 4.79 Å². The molecule has 98 valence electrons. The second kappa shape index (κ2) is 6.24. The van der Waals surface area contributed by atoms with E-state index >= 15 is 0 Å². The van der Waals surface area contributed by atoms with Crippen molar-refractivity contribution in [3.63, 3.8) is 0 Å². The number of hydrogen-bond acceptors (Lipinski definition) is 3. The zero-order chi connectivity index (χ0) is 13.6. The molecule has 0 aromatic carbocycles. The summed E-state index contributed by atoms with van der Waals surface area (Å²) in [6, 6.07) is -0.433. The van der Waals surface area contributed by atoms with Crippen LogP contribution in [0.25, 0.3) is 0 Å². The van der Waals surface area contributed by atoms with Gasteiger partial charge in [0, 0.05) is 12.1 Å². The minimum atomic E-state index is -1.59. The molecule has 0 aliphatic rings. The van der Waals surface area contributed by atoms with Crippen LogP contribution < -0.4 is 5.32 Å². The summed E-state index contributed by atoms with van der Waals surface area (Å²) >= 11 is 0. The molecule has 0 heterocycles. The Kier molecular flexibility index (Phi) is 5.67. The Labute approximate surface area is 101 Å². The molecule has 0 aliphatic heterocycles. The van der Waals surface area contributed by atoms with Gasteiger partial charge in [-0.1, -0.05) is 6.08 Å². The second-order valence-corrected chi connectivity index (χ2v) is 4.61. The third kappa shape index (κ3) is 5.35. The third-order valence-corrected chi connectivity index (χ3v) is 2.10. The predicted octanol–water partition coefficient (Wildman–Crippen LogP) is 0.428. The maximum atomic E-state index is 11.8. The van der Waals surface area contributed by atoms with Gasteiger partial charge in [0.15, 0.2) is 6.10 Å². The summed E-state index contributed by atoms with van der Waals surface area (Å²) in [5.41, 5.74) is -0.410. The number of rotatable bonds is 5. The summed E-state index contributed by atoms with van der Waals surface area (Å²) < 4.78 is 0. The largest absolute Gasteiger partial charge is 0.479 e. The van der Waals surface area contributed by atoms with Crippen molar-refractivity contribution in [2.24, 2.45) is 0 Å². The fraction of sp³-hybridized carbons (Fsp3) is 0.636. The fourth-order valence-electron chi connectivity index (χ4n) is 1.16. The Balaban J connectivity index is 4.44. The van der Waals surface area contributed by atoms with E-state index in [1.54, 1.807) is 6.08 Å². The van der Waals surface area contributed by atoms with Gasteiger partial charge in [0.05, 0.1) is 6.54 Å². The lowest BCUT2D eigenvalue weighted by Gasteiger charge is -2.34. The highest BCUT2D eigenvalue weighted by Crippen LogP contribution is 2.12. The van der Waals surface area contributed by atoms with Gasteiger partial charge < -0.3 is 20.4 Å². The Morgan fingerprint density at radius 1 is 1.47 bits per heavy atom. The monoisotopic (exact) mass is 244 g/mol. The number of aliphatic hydroxyl groups excluding tert-OH is 1. The summed E-state index contributed by atoms with van der Waals surface area (Å²) in [5.74, 6) is -1.36. The van der Waals surface area contributed by atoms with Crippen LogP contribution in [-0.2, 0) is 4.79 Å². The Hall–Kier alpha value is -1.56. The van der Waals surface area contributed by atoms with Gasteiger partial charge in [-0.2, -0.15) is 0 Å². The van der Waals surface area contributed by atoms with Crippen molar-refractivity contribution in [1.29, 1.82) is 0 Å². The maximum Gasteiger partial charge on any atom is 0.334 e. The van der Waals surface area contributed by atoms with E-state index in [0.29, 0.717) is 6.54 Å². The predicted molar refractivity (Wildman–Crippen MR) is 63.7 cm³/mol. The molecule has 6 heteroatoms. The van der Waals surface area contributed by atoms with Gasteiger partial charge in [0.2, 0.25) is 0 Å². The summed E-state index contributed by atoms with van der Waals surface area (Å²) in [6.45, 7) is 9.13. The lowest BCUT2D eigenvalue weighted by atomic mass is 10.1. The van der Waals surface area contributed by atoms with Crippen LogP contribution in [0.15, 0.2) is 12.7 Å². The van der Waals surface area contributed by atoms with E-state index in [2.05, 4.69) is 11.9 Å². The van der Waals surface area contributed by atoms with Gasteiger partial charge in [0.25, 0.3) is 0 Å². The molecule has 2 amide bonds. The first-order valence-corrected chi connectivity index (χ1v) is 5.27. The average Bonchev–Trinajstić information content (AvgIpc) is 2.20. The Morgan fingerprint density at radius 2 is 2.00 bits per heavy atom. The summed E-state index contributed by atoms with van der Waals surface area (Å²) in [7, 11) is 0. The van der Waals surface area contributed by atoms with Crippen LogP contribution in [0, 0.1) is 0 Å². The van der Waals surface area contributed by atoms with Crippen molar-refractivity contribution >= 4 is 12.0 Å². The number of carbonyl (C=O) groups excluding carboxylic acids is 1. The third-order valence-electron chi connectivity index (χ3n) is 2.10. The minimum absolute atomic E-state index is 0.322. The van der Waals surface area contributed by atoms with Gasteiger partial charge in [-0.3, -0.25) is 0 Å². The molecule has 1 atom stereocenters. The number of aliphatic carboxylic acids is 1.